The van der Waals surface area contributed by atoms with Crippen molar-refractivity contribution < 1.29 is 0 Å². The zero-order valence-electron chi connectivity index (χ0n) is 11.7. The summed E-state index contributed by atoms with van der Waals surface area (Å²) in [5.74, 6) is 0. The van der Waals surface area contributed by atoms with E-state index >= 15 is 0 Å². The Morgan fingerprint density at radius 2 is 2.21 bits per heavy atom. The Labute approximate surface area is 119 Å². The molecule has 102 valence electrons. The van der Waals surface area contributed by atoms with Gasteiger partial charge in [-0.1, -0.05) is 30.7 Å². The molecule has 0 radical (unpaired) electrons. The average molecular weight is 278 g/mol. The number of benzene rings is 1. The van der Waals surface area contributed by atoms with Crippen molar-refractivity contribution >= 4 is 11.6 Å². The largest absolute Gasteiger partial charge is 0.310 e. The fourth-order valence-corrected chi connectivity index (χ4v) is 2.12. The molecule has 0 fully saturated rings. The predicted octanol–water partition coefficient (Wildman–Crippen LogP) is 3.89. The van der Waals surface area contributed by atoms with Gasteiger partial charge in [0, 0.05) is 12.2 Å². The normalized spacial score (nSPS) is 12.6. The number of nitrogens with one attached hydrogen (secondary N) is 1. The average Bonchev–Trinajstić information content (AvgIpc) is 2.76. The maximum Gasteiger partial charge on any atom is 0.0819 e. The molecule has 1 N–H and O–H groups in total. The molecule has 1 unspecified atom stereocenters. The molecule has 0 aliphatic rings. The summed E-state index contributed by atoms with van der Waals surface area (Å²) in [6, 6.07) is 8.72. The van der Waals surface area contributed by atoms with Crippen LogP contribution in [-0.4, -0.2) is 16.3 Å². The molecule has 0 saturated carbocycles. The Hall–Kier alpha value is -1.32. The smallest absolute Gasteiger partial charge is 0.0819 e. The third-order valence-electron chi connectivity index (χ3n) is 3.17. The molecule has 0 spiro atoms. The third kappa shape index (κ3) is 3.37. The topological polar surface area (TPSA) is 29.9 Å². The molecule has 2 rings (SSSR count). The van der Waals surface area contributed by atoms with Crippen molar-refractivity contribution in [3.8, 4) is 5.69 Å². The van der Waals surface area contributed by atoms with Gasteiger partial charge in [-0.2, -0.15) is 5.10 Å². The maximum atomic E-state index is 6.05. The van der Waals surface area contributed by atoms with E-state index in [0.29, 0.717) is 11.1 Å². The lowest BCUT2D eigenvalue weighted by atomic mass is 10.1. The Balaban J connectivity index is 2.23. The molecule has 2 aromatic rings. The van der Waals surface area contributed by atoms with Gasteiger partial charge >= 0.3 is 0 Å². The molecule has 0 aliphatic heterocycles. The van der Waals surface area contributed by atoms with Crippen LogP contribution in [0.3, 0.4) is 0 Å². The molecule has 1 atom stereocenters. The summed E-state index contributed by atoms with van der Waals surface area (Å²) in [6.07, 6.45) is 2.98. The van der Waals surface area contributed by atoms with Gasteiger partial charge in [-0.05, 0) is 44.5 Å². The van der Waals surface area contributed by atoms with Crippen LogP contribution in [0, 0.1) is 6.92 Å². The van der Waals surface area contributed by atoms with E-state index in [1.807, 2.05) is 23.9 Å². The highest BCUT2D eigenvalue weighted by molar-refractivity contribution is 6.31. The zero-order valence-corrected chi connectivity index (χ0v) is 12.4. The highest BCUT2D eigenvalue weighted by Crippen LogP contribution is 2.19. The van der Waals surface area contributed by atoms with Gasteiger partial charge in [0.1, 0.15) is 0 Å². The minimum absolute atomic E-state index is 0.340. The van der Waals surface area contributed by atoms with E-state index in [9.17, 15) is 0 Å². The van der Waals surface area contributed by atoms with Gasteiger partial charge in [-0.3, -0.25) is 0 Å². The second kappa shape index (κ2) is 6.22. The van der Waals surface area contributed by atoms with Gasteiger partial charge < -0.3 is 5.32 Å². The van der Waals surface area contributed by atoms with Crippen LogP contribution >= 0.6 is 11.6 Å². The number of aromatic nitrogens is 2. The number of aryl methyl sites for hydroxylation is 1. The molecule has 3 nitrogen and oxygen atoms in total. The minimum Gasteiger partial charge on any atom is -0.310 e. The first-order valence-electron chi connectivity index (χ1n) is 6.67. The lowest BCUT2D eigenvalue weighted by molar-refractivity contribution is 0.570. The highest BCUT2D eigenvalue weighted by Gasteiger charge is 2.07. The Morgan fingerprint density at radius 1 is 1.42 bits per heavy atom. The van der Waals surface area contributed by atoms with Crippen LogP contribution in [0.4, 0.5) is 0 Å². The first-order valence-corrected chi connectivity index (χ1v) is 7.05. The second-order valence-corrected chi connectivity index (χ2v) is 5.19. The molecule has 19 heavy (non-hydrogen) atoms. The first-order chi connectivity index (χ1) is 9.11. The van der Waals surface area contributed by atoms with Gasteiger partial charge in [-0.25, -0.2) is 4.68 Å². The van der Waals surface area contributed by atoms with E-state index in [1.165, 1.54) is 5.56 Å². The molecule has 1 aromatic heterocycles. The van der Waals surface area contributed by atoms with Crippen LogP contribution < -0.4 is 5.32 Å². The van der Waals surface area contributed by atoms with Crippen molar-refractivity contribution in [1.82, 2.24) is 15.1 Å². The minimum atomic E-state index is 0.340. The van der Waals surface area contributed by atoms with Crippen LogP contribution in [0.5, 0.6) is 0 Å². The lowest BCUT2D eigenvalue weighted by Crippen LogP contribution is -2.19. The number of halogens is 1. The van der Waals surface area contributed by atoms with Crippen molar-refractivity contribution in [1.29, 1.82) is 0 Å². The first kappa shape index (κ1) is 14.1. The summed E-state index contributed by atoms with van der Waals surface area (Å²) >= 11 is 6.05. The van der Waals surface area contributed by atoms with Crippen LogP contribution in [-0.2, 0) is 0 Å². The van der Waals surface area contributed by atoms with E-state index in [2.05, 4.69) is 42.5 Å². The van der Waals surface area contributed by atoms with Crippen molar-refractivity contribution in [2.45, 2.75) is 33.2 Å². The summed E-state index contributed by atoms with van der Waals surface area (Å²) < 4.78 is 1.83. The molecule has 1 aromatic carbocycles. The lowest BCUT2D eigenvalue weighted by Gasteiger charge is -2.14. The summed E-state index contributed by atoms with van der Waals surface area (Å²) in [5, 5.41) is 8.59. The van der Waals surface area contributed by atoms with Gasteiger partial charge in [-0.15, -0.1) is 0 Å². The molecule has 1 heterocycles. The number of hydrogen-bond donors (Lipinski definition) is 1. The van der Waals surface area contributed by atoms with E-state index in [1.54, 1.807) is 0 Å². The van der Waals surface area contributed by atoms with Crippen LogP contribution in [0.25, 0.3) is 5.69 Å². The molecule has 0 bridgehead atoms. The van der Waals surface area contributed by atoms with E-state index < -0.39 is 0 Å². The van der Waals surface area contributed by atoms with Crippen LogP contribution in [0.2, 0.25) is 5.02 Å². The summed E-state index contributed by atoms with van der Waals surface area (Å²) in [4.78, 5) is 0. The molecular weight excluding hydrogens is 258 g/mol. The van der Waals surface area contributed by atoms with Crippen molar-refractivity contribution in [2.75, 3.05) is 6.54 Å². The van der Waals surface area contributed by atoms with Gasteiger partial charge in [0.2, 0.25) is 0 Å². The Kier molecular flexibility index (Phi) is 4.61. The predicted molar refractivity (Wildman–Crippen MR) is 80.0 cm³/mol. The number of hydrogen-bond acceptors (Lipinski definition) is 2. The zero-order chi connectivity index (χ0) is 13.8. The quantitative estimate of drug-likeness (QED) is 0.898. The summed E-state index contributed by atoms with van der Waals surface area (Å²) in [6.45, 7) is 7.28. The second-order valence-electron chi connectivity index (χ2n) is 4.78. The molecule has 4 heteroatoms. The Morgan fingerprint density at radius 3 is 2.84 bits per heavy atom. The maximum absolute atomic E-state index is 6.05. The van der Waals surface area contributed by atoms with Gasteiger partial charge in [0.05, 0.1) is 16.4 Å². The van der Waals surface area contributed by atoms with Gasteiger partial charge in [0.15, 0.2) is 0 Å². The van der Waals surface area contributed by atoms with Crippen molar-refractivity contribution in [3.05, 3.63) is 46.7 Å². The van der Waals surface area contributed by atoms with E-state index in [0.717, 1.165) is 24.3 Å². The molecule has 0 amide bonds. The highest BCUT2D eigenvalue weighted by atomic mass is 35.5. The summed E-state index contributed by atoms with van der Waals surface area (Å²) in [5.41, 5.74) is 3.15. The van der Waals surface area contributed by atoms with E-state index in [-0.39, 0.29) is 0 Å². The summed E-state index contributed by atoms with van der Waals surface area (Å²) in [7, 11) is 0. The standard InChI is InChI=1S/C15H20ClN3/c1-4-8-17-11(2)13-6-5-7-14(9-13)19-10-15(16)12(3)18-19/h5-7,9-11,17H,4,8H2,1-3H3. The fourth-order valence-electron chi connectivity index (χ4n) is 1.99. The fraction of sp³-hybridized carbons (Fsp3) is 0.400. The number of rotatable bonds is 5. The Bertz CT molecular complexity index is 529. The third-order valence-corrected chi connectivity index (χ3v) is 3.55. The van der Waals surface area contributed by atoms with E-state index in [4.69, 9.17) is 11.6 Å². The SMILES string of the molecule is CCCNC(C)c1cccc(-n2cc(Cl)c(C)n2)c1. The van der Waals surface area contributed by atoms with Crippen LogP contribution in [0.1, 0.15) is 37.6 Å². The number of nitrogens with zero attached hydrogens (tertiary/aromatic N) is 2. The van der Waals surface area contributed by atoms with Gasteiger partial charge in [0.25, 0.3) is 0 Å². The molecular formula is C15H20ClN3. The van der Waals surface area contributed by atoms with Crippen molar-refractivity contribution in [2.24, 2.45) is 0 Å². The molecule has 0 saturated heterocycles. The monoisotopic (exact) mass is 277 g/mol. The molecule has 0 aliphatic carbocycles. The van der Waals surface area contributed by atoms with Crippen LogP contribution in [0.15, 0.2) is 30.5 Å². The van der Waals surface area contributed by atoms with Crippen molar-refractivity contribution in [3.63, 3.8) is 0 Å².